The molecule has 1 rings (SSSR count). The SMILES string of the molecule is CCCNC(CC(C)C(C)(C)C)C1=CCCCO1. The summed E-state index contributed by atoms with van der Waals surface area (Å²) in [4.78, 5) is 0. The van der Waals surface area contributed by atoms with Gasteiger partial charge in [-0.05, 0) is 49.6 Å². The van der Waals surface area contributed by atoms with Crippen molar-refractivity contribution in [1.82, 2.24) is 5.32 Å². The number of hydrogen-bond acceptors (Lipinski definition) is 2. The van der Waals surface area contributed by atoms with Gasteiger partial charge in [-0.15, -0.1) is 0 Å². The van der Waals surface area contributed by atoms with Gasteiger partial charge in [0.05, 0.1) is 12.6 Å². The van der Waals surface area contributed by atoms with Gasteiger partial charge in [-0.3, -0.25) is 0 Å². The lowest BCUT2D eigenvalue weighted by atomic mass is 9.78. The molecule has 0 aromatic carbocycles. The van der Waals surface area contributed by atoms with Crippen molar-refractivity contribution in [3.63, 3.8) is 0 Å². The highest BCUT2D eigenvalue weighted by Gasteiger charge is 2.26. The minimum atomic E-state index is 0.362. The Bertz CT molecular complexity index is 265. The molecule has 0 aliphatic carbocycles. The highest BCUT2D eigenvalue weighted by molar-refractivity contribution is 5.06. The van der Waals surface area contributed by atoms with Crippen LogP contribution in [0, 0.1) is 11.3 Å². The third-order valence-corrected chi connectivity index (χ3v) is 4.01. The van der Waals surface area contributed by atoms with Crippen LogP contribution in [0.15, 0.2) is 11.8 Å². The largest absolute Gasteiger partial charge is 0.497 e. The Hall–Kier alpha value is -0.500. The summed E-state index contributed by atoms with van der Waals surface area (Å²) in [7, 11) is 0. The van der Waals surface area contributed by atoms with Gasteiger partial charge in [0.15, 0.2) is 0 Å². The van der Waals surface area contributed by atoms with Crippen LogP contribution in [0.2, 0.25) is 0 Å². The van der Waals surface area contributed by atoms with Crippen LogP contribution < -0.4 is 5.32 Å². The lowest BCUT2D eigenvalue weighted by Gasteiger charge is -2.33. The molecule has 1 N–H and O–H groups in total. The first-order chi connectivity index (χ1) is 8.45. The molecule has 2 nitrogen and oxygen atoms in total. The molecule has 1 heterocycles. The normalized spacial score (nSPS) is 19.9. The molecule has 0 radical (unpaired) electrons. The lowest BCUT2D eigenvalue weighted by Crippen LogP contribution is -2.37. The summed E-state index contributed by atoms with van der Waals surface area (Å²) in [6.45, 7) is 13.5. The molecule has 1 aliphatic heterocycles. The Kier molecular flexibility index (Phi) is 6.20. The van der Waals surface area contributed by atoms with E-state index in [4.69, 9.17) is 4.74 Å². The fraction of sp³-hybridized carbons (Fsp3) is 0.875. The van der Waals surface area contributed by atoms with Crippen molar-refractivity contribution in [3.8, 4) is 0 Å². The standard InChI is InChI=1S/C16H31NO/c1-6-10-17-14(12-13(2)16(3,4)5)15-9-7-8-11-18-15/h9,13-14,17H,6-8,10-12H2,1-5H3. The van der Waals surface area contributed by atoms with Crippen LogP contribution in [0.4, 0.5) is 0 Å². The maximum absolute atomic E-state index is 5.85. The lowest BCUT2D eigenvalue weighted by molar-refractivity contribution is 0.146. The average molecular weight is 253 g/mol. The zero-order valence-corrected chi connectivity index (χ0v) is 12.9. The van der Waals surface area contributed by atoms with E-state index in [9.17, 15) is 0 Å². The fourth-order valence-electron chi connectivity index (χ4n) is 2.15. The topological polar surface area (TPSA) is 21.3 Å². The highest BCUT2D eigenvalue weighted by atomic mass is 16.5. The molecule has 2 atom stereocenters. The summed E-state index contributed by atoms with van der Waals surface area (Å²) in [5.41, 5.74) is 0.362. The van der Waals surface area contributed by atoms with Crippen molar-refractivity contribution in [1.29, 1.82) is 0 Å². The van der Waals surface area contributed by atoms with Gasteiger partial charge in [-0.25, -0.2) is 0 Å². The minimum Gasteiger partial charge on any atom is -0.497 e. The molecular weight excluding hydrogens is 222 g/mol. The van der Waals surface area contributed by atoms with Crippen LogP contribution in [0.25, 0.3) is 0 Å². The molecule has 106 valence electrons. The van der Waals surface area contributed by atoms with Crippen molar-refractivity contribution in [2.45, 2.75) is 66.3 Å². The van der Waals surface area contributed by atoms with Gasteiger partial charge in [-0.2, -0.15) is 0 Å². The fourth-order valence-corrected chi connectivity index (χ4v) is 2.15. The van der Waals surface area contributed by atoms with Crippen molar-refractivity contribution < 1.29 is 4.74 Å². The third kappa shape index (κ3) is 5.01. The first-order valence-corrected chi connectivity index (χ1v) is 7.51. The Morgan fingerprint density at radius 2 is 2.11 bits per heavy atom. The zero-order chi connectivity index (χ0) is 13.6. The first-order valence-electron chi connectivity index (χ1n) is 7.51. The van der Waals surface area contributed by atoms with E-state index in [1.807, 2.05) is 0 Å². The summed E-state index contributed by atoms with van der Waals surface area (Å²) >= 11 is 0. The summed E-state index contributed by atoms with van der Waals surface area (Å²) in [6, 6.07) is 0.402. The second-order valence-electron chi connectivity index (χ2n) is 6.61. The van der Waals surface area contributed by atoms with Crippen LogP contribution in [-0.4, -0.2) is 19.2 Å². The third-order valence-electron chi connectivity index (χ3n) is 4.01. The maximum Gasteiger partial charge on any atom is 0.109 e. The van der Waals surface area contributed by atoms with Crippen LogP contribution in [-0.2, 0) is 4.74 Å². The molecular formula is C16H31NO. The van der Waals surface area contributed by atoms with E-state index in [-0.39, 0.29) is 0 Å². The Morgan fingerprint density at radius 1 is 1.39 bits per heavy atom. The van der Waals surface area contributed by atoms with Crippen molar-refractivity contribution in [2.24, 2.45) is 11.3 Å². The average Bonchev–Trinajstić information content (AvgIpc) is 2.34. The monoisotopic (exact) mass is 253 g/mol. The maximum atomic E-state index is 5.85. The van der Waals surface area contributed by atoms with Gasteiger partial charge in [-0.1, -0.05) is 34.6 Å². The van der Waals surface area contributed by atoms with Crippen LogP contribution in [0.3, 0.4) is 0 Å². The number of ether oxygens (including phenoxy) is 1. The molecule has 0 fully saturated rings. The van der Waals surface area contributed by atoms with E-state index in [2.05, 4.69) is 46.0 Å². The van der Waals surface area contributed by atoms with Crippen molar-refractivity contribution in [2.75, 3.05) is 13.2 Å². The van der Waals surface area contributed by atoms with Gasteiger partial charge in [0.1, 0.15) is 5.76 Å². The predicted octanol–water partition coefficient (Wildman–Crippen LogP) is 4.12. The molecule has 18 heavy (non-hydrogen) atoms. The molecule has 0 spiro atoms. The van der Waals surface area contributed by atoms with E-state index in [1.165, 1.54) is 25.0 Å². The van der Waals surface area contributed by atoms with Crippen LogP contribution >= 0.6 is 0 Å². The first kappa shape index (κ1) is 15.6. The van der Waals surface area contributed by atoms with E-state index in [1.54, 1.807) is 0 Å². The minimum absolute atomic E-state index is 0.362. The van der Waals surface area contributed by atoms with E-state index >= 15 is 0 Å². The second-order valence-corrected chi connectivity index (χ2v) is 6.61. The van der Waals surface area contributed by atoms with Crippen molar-refractivity contribution >= 4 is 0 Å². The summed E-state index contributed by atoms with van der Waals surface area (Å²) in [6.07, 6.45) is 6.96. The van der Waals surface area contributed by atoms with Gasteiger partial charge in [0, 0.05) is 0 Å². The van der Waals surface area contributed by atoms with Crippen LogP contribution in [0.1, 0.15) is 60.3 Å². The predicted molar refractivity (Wildman–Crippen MR) is 78.6 cm³/mol. The molecule has 0 amide bonds. The highest BCUT2D eigenvalue weighted by Crippen LogP contribution is 2.31. The molecule has 0 bridgehead atoms. The molecule has 2 heteroatoms. The van der Waals surface area contributed by atoms with Crippen molar-refractivity contribution in [3.05, 3.63) is 11.8 Å². The summed E-state index contributed by atoms with van der Waals surface area (Å²) in [5.74, 6) is 1.86. The number of nitrogens with one attached hydrogen (secondary N) is 1. The Balaban J connectivity index is 2.63. The molecule has 2 unspecified atom stereocenters. The zero-order valence-electron chi connectivity index (χ0n) is 12.9. The van der Waals surface area contributed by atoms with Gasteiger partial charge in [0.25, 0.3) is 0 Å². The number of allylic oxidation sites excluding steroid dienone is 1. The van der Waals surface area contributed by atoms with Gasteiger partial charge >= 0.3 is 0 Å². The quantitative estimate of drug-likeness (QED) is 0.769. The van der Waals surface area contributed by atoms with E-state index in [0.717, 1.165) is 19.6 Å². The Labute approximate surface area is 113 Å². The molecule has 0 aromatic heterocycles. The second kappa shape index (κ2) is 7.18. The van der Waals surface area contributed by atoms with E-state index < -0.39 is 0 Å². The van der Waals surface area contributed by atoms with Crippen LogP contribution in [0.5, 0.6) is 0 Å². The smallest absolute Gasteiger partial charge is 0.109 e. The molecule has 0 saturated carbocycles. The van der Waals surface area contributed by atoms with Gasteiger partial charge in [0.2, 0.25) is 0 Å². The molecule has 0 saturated heterocycles. The summed E-state index contributed by atoms with van der Waals surface area (Å²) < 4.78 is 5.85. The number of rotatable bonds is 6. The Morgan fingerprint density at radius 3 is 2.61 bits per heavy atom. The number of hydrogen-bond donors (Lipinski definition) is 1. The molecule has 1 aliphatic rings. The van der Waals surface area contributed by atoms with E-state index in [0.29, 0.717) is 17.4 Å². The molecule has 0 aromatic rings. The summed E-state index contributed by atoms with van der Waals surface area (Å²) in [5, 5.41) is 3.65. The van der Waals surface area contributed by atoms with Gasteiger partial charge < -0.3 is 10.1 Å².